The Hall–Kier alpha value is -2.75. The summed E-state index contributed by atoms with van der Waals surface area (Å²) in [5.41, 5.74) is 1.76. The van der Waals surface area contributed by atoms with E-state index in [4.69, 9.17) is 9.47 Å². The minimum atomic E-state index is -0.0508. The molecule has 0 bridgehead atoms. The van der Waals surface area contributed by atoms with Crippen LogP contribution in [-0.4, -0.2) is 11.4 Å². The van der Waals surface area contributed by atoms with Crippen LogP contribution in [0.25, 0.3) is 27.8 Å². The Balaban J connectivity index is 2.30. The maximum Gasteiger partial charge on any atom is 0.258 e. The second-order valence-corrected chi connectivity index (χ2v) is 5.06. The lowest BCUT2D eigenvalue weighted by Crippen LogP contribution is -2.18. The van der Waals surface area contributed by atoms with Gasteiger partial charge in [0.15, 0.2) is 11.5 Å². The number of benzene rings is 2. The summed E-state index contributed by atoms with van der Waals surface area (Å²) in [4.78, 5) is 12.6. The Kier molecular flexibility index (Phi) is 2.36. The molecule has 0 spiro atoms. The number of ether oxygens (including phenoxy) is 2. The van der Waals surface area contributed by atoms with Crippen LogP contribution in [0.4, 0.5) is 0 Å². The van der Waals surface area contributed by atoms with Gasteiger partial charge in [-0.2, -0.15) is 0 Å². The first-order valence-electron chi connectivity index (χ1n) is 6.68. The van der Waals surface area contributed by atoms with Crippen molar-refractivity contribution < 1.29 is 9.47 Å². The molecule has 21 heavy (non-hydrogen) atoms. The zero-order chi connectivity index (χ0) is 14.6. The fraction of sp³-hybridized carbons (Fsp3) is 0.118. The summed E-state index contributed by atoms with van der Waals surface area (Å²) in [6.07, 6.45) is 1.76. The smallest absolute Gasteiger partial charge is 0.258 e. The van der Waals surface area contributed by atoms with E-state index in [1.807, 2.05) is 24.3 Å². The first-order chi connectivity index (χ1) is 10.2. The number of aryl methyl sites for hydroxylation is 1. The molecule has 0 aliphatic carbocycles. The molecule has 4 heteroatoms. The molecule has 3 aromatic rings. The molecule has 104 valence electrons. The number of para-hydroxylation sites is 1. The number of pyridine rings is 1. The highest BCUT2D eigenvalue weighted by molar-refractivity contribution is 6.08. The second-order valence-electron chi connectivity index (χ2n) is 5.06. The van der Waals surface area contributed by atoms with Gasteiger partial charge in [-0.05, 0) is 17.7 Å². The third-order valence-corrected chi connectivity index (χ3v) is 3.96. The summed E-state index contributed by atoms with van der Waals surface area (Å²) < 4.78 is 12.5. The van der Waals surface area contributed by atoms with Crippen molar-refractivity contribution in [3.8, 4) is 11.5 Å². The van der Waals surface area contributed by atoms with Gasteiger partial charge in [0.25, 0.3) is 5.56 Å². The topological polar surface area (TPSA) is 40.5 Å². The molecular formula is C17H13NO3. The number of fused-ring (bicyclic) bond motifs is 4. The number of rotatable bonds is 1. The standard InChI is InChI=1S/C17H13NO3/c1-3-10-5-4-6-11-12-7-14-15(21-9-20-14)8-13(12)17(19)18(2)16(10)11/h3-8H,1,9H2,2H3. The maximum absolute atomic E-state index is 12.6. The molecule has 2 heterocycles. The molecule has 0 saturated heterocycles. The quantitative estimate of drug-likeness (QED) is 0.643. The van der Waals surface area contributed by atoms with E-state index in [0.29, 0.717) is 16.9 Å². The Labute approximate surface area is 120 Å². The van der Waals surface area contributed by atoms with E-state index in [1.165, 1.54) is 0 Å². The minimum absolute atomic E-state index is 0.0508. The van der Waals surface area contributed by atoms with Gasteiger partial charge < -0.3 is 14.0 Å². The molecule has 1 aliphatic rings. The van der Waals surface area contributed by atoms with E-state index >= 15 is 0 Å². The van der Waals surface area contributed by atoms with Crippen LogP contribution in [0, 0.1) is 0 Å². The average molecular weight is 279 g/mol. The summed E-state index contributed by atoms with van der Waals surface area (Å²) in [7, 11) is 1.78. The first-order valence-corrected chi connectivity index (χ1v) is 6.68. The largest absolute Gasteiger partial charge is 0.454 e. The average Bonchev–Trinajstić information content (AvgIpc) is 2.97. The molecule has 0 saturated carbocycles. The number of aromatic nitrogens is 1. The van der Waals surface area contributed by atoms with Crippen LogP contribution >= 0.6 is 0 Å². The molecule has 0 unspecified atom stereocenters. The van der Waals surface area contributed by atoms with E-state index < -0.39 is 0 Å². The molecule has 4 nitrogen and oxygen atoms in total. The van der Waals surface area contributed by atoms with Crippen LogP contribution in [0.15, 0.2) is 41.7 Å². The molecule has 0 atom stereocenters. The monoisotopic (exact) mass is 279 g/mol. The number of hydrogen-bond acceptors (Lipinski definition) is 3. The number of hydrogen-bond donors (Lipinski definition) is 0. The predicted molar refractivity (Wildman–Crippen MR) is 82.9 cm³/mol. The summed E-state index contributed by atoms with van der Waals surface area (Å²) in [6.45, 7) is 4.03. The van der Waals surface area contributed by atoms with Crippen molar-refractivity contribution in [3.05, 3.63) is 52.8 Å². The Morgan fingerprint density at radius 2 is 1.86 bits per heavy atom. The SMILES string of the molecule is C=Cc1cccc2c3cc4c(cc3c(=O)n(C)c12)OCO4. The molecule has 0 amide bonds. The molecule has 0 fully saturated rings. The van der Waals surface area contributed by atoms with E-state index in [0.717, 1.165) is 21.9 Å². The third kappa shape index (κ3) is 1.53. The van der Waals surface area contributed by atoms with Crippen LogP contribution in [0.3, 0.4) is 0 Å². The van der Waals surface area contributed by atoms with Gasteiger partial charge in [-0.3, -0.25) is 4.79 Å². The lowest BCUT2D eigenvalue weighted by molar-refractivity contribution is 0.174. The van der Waals surface area contributed by atoms with Gasteiger partial charge in [0.1, 0.15) is 0 Å². The summed E-state index contributed by atoms with van der Waals surface area (Å²) in [5, 5.41) is 2.51. The zero-order valence-electron chi connectivity index (χ0n) is 11.6. The molecule has 0 radical (unpaired) electrons. The zero-order valence-corrected chi connectivity index (χ0v) is 11.6. The lowest BCUT2D eigenvalue weighted by Gasteiger charge is -2.12. The Morgan fingerprint density at radius 1 is 1.14 bits per heavy atom. The van der Waals surface area contributed by atoms with E-state index in [-0.39, 0.29) is 12.4 Å². The van der Waals surface area contributed by atoms with Crippen LogP contribution < -0.4 is 15.0 Å². The molecule has 1 aliphatic heterocycles. The normalized spacial score (nSPS) is 13.0. The molecule has 1 aromatic heterocycles. The fourth-order valence-corrected chi connectivity index (χ4v) is 2.94. The summed E-state index contributed by atoms with van der Waals surface area (Å²) >= 11 is 0. The molecule has 0 N–H and O–H groups in total. The van der Waals surface area contributed by atoms with Crippen LogP contribution in [0.1, 0.15) is 5.56 Å². The van der Waals surface area contributed by atoms with Gasteiger partial charge in [-0.1, -0.05) is 30.9 Å². The summed E-state index contributed by atoms with van der Waals surface area (Å²) in [6, 6.07) is 9.57. The van der Waals surface area contributed by atoms with Gasteiger partial charge in [-0.25, -0.2) is 0 Å². The molecule has 4 rings (SSSR count). The van der Waals surface area contributed by atoms with Gasteiger partial charge in [-0.15, -0.1) is 0 Å². The van der Waals surface area contributed by atoms with Crippen molar-refractivity contribution in [2.75, 3.05) is 6.79 Å². The van der Waals surface area contributed by atoms with Crippen molar-refractivity contribution >= 4 is 27.8 Å². The van der Waals surface area contributed by atoms with Gasteiger partial charge in [0.05, 0.1) is 10.9 Å². The maximum atomic E-state index is 12.6. The highest BCUT2D eigenvalue weighted by Crippen LogP contribution is 2.37. The van der Waals surface area contributed by atoms with E-state index in [1.54, 1.807) is 23.8 Å². The van der Waals surface area contributed by atoms with Gasteiger partial charge in [0, 0.05) is 17.8 Å². The molecule has 2 aromatic carbocycles. The number of nitrogens with zero attached hydrogens (tertiary/aromatic N) is 1. The van der Waals surface area contributed by atoms with Gasteiger partial charge >= 0.3 is 0 Å². The molecular weight excluding hydrogens is 266 g/mol. The highest BCUT2D eigenvalue weighted by Gasteiger charge is 2.18. The van der Waals surface area contributed by atoms with Gasteiger partial charge in [0.2, 0.25) is 6.79 Å². The Morgan fingerprint density at radius 3 is 2.57 bits per heavy atom. The van der Waals surface area contributed by atoms with Crippen LogP contribution in [0.2, 0.25) is 0 Å². The summed E-state index contributed by atoms with van der Waals surface area (Å²) in [5.74, 6) is 1.31. The third-order valence-electron chi connectivity index (χ3n) is 3.96. The van der Waals surface area contributed by atoms with Crippen molar-refractivity contribution in [2.24, 2.45) is 7.05 Å². The Bertz CT molecular complexity index is 969. The predicted octanol–water partition coefficient (Wildman–Crippen LogP) is 3.06. The second kappa shape index (κ2) is 4.12. The van der Waals surface area contributed by atoms with Crippen LogP contribution in [0.5, 0.6) is 11.5 Å². The van der Waals surface area contributed by atoms with Crippen molar-refractivity contribution in [2.45, 2.75) is 0 Å². The van der Waals surface area contributed by atoms with Crippen molar-refractivity contribution in [1.82, 2.24) is 4.57 Å². The fourth-order valence-electron chi connectivity index (χ4n) is 2.94. The lowest BCUT2D eigenvalue weighted by atomic mass is 10.0. The van der Waals surface area contributed by atoms with Crippen LogP contribution in [-0.2, 0) is 7.05 Å². The van der Waals surface area contributed by atoms with E-state index in [9.17, 15) is 4.79 Å². The highest BCUT2D eigenvalue weighted by atomic mass is 16.7. The van der Waals surface area contributed by atoms with Crippen molar-refractivity contribution in [3.63, 3.8) is 0 Å². The minimum Gasteiger partial charge on any atom is -0.454 e. The van der Waals surface area contributed by atoms with Crippen molar-refractivity contribution in [1.29, 1.82) is 0 Å². The first kappa shape index (κ1) is 12.0. The van der Waals surface area contributed by atoms with E-state index in [2.05, 4.69) is 6.58 Å².